The fourth-order valence-corrected chi connectivity index (χ4v) is 3.15. The molecular formula is C20H27N3O4. The van der Waals surface area contributed by atoms with Crippen molar-refractivity contribution in [3.63, 3.8) is 0 Å². The van der Waals surface area contributed by atoms with E-state index in [0.29, 0.717) is 11.7 Å². The molecule has 0 spiro atoms. The SMILES string of the molecule is CC(C)(C)OC(=O)NC1(c2noc(C[C@](C)(O)c3ccccc3)n2)CCC1. The molecule has 7 heteroatoms. The first-order valence-corrected chi connectivity index (χ1v) is 9.22. The second-order valence-electron chi connectivity index (χ2n) is 8.39. The number of carbonyl (C=O) groups is 1. The van der Waals surface area contributed by atoms with E-state index >= 15 is 0 Å². The fraction of sp³-hybridized carbons (Fsp3) is 0.550. The zero-order valence-corrected chi connectivity index (χ0v) is 16.3. The van der Waals surface area contributed by atoms with E-state index in [1.54, 1.807) is 6.92 Å². The van der Waals surface area contributed by atoms with E-state index < -0.39 is 22.8 Å². The van der Waals surface area contributed by atoms with Crippen molar-refractivity contribution in [1.29, 1.82) is 0 Å². The zero-order valence-electron chi connectivity index (χ0n) is 16.3. The first kappa shape index (κ1) is 19.4. The van der Waals surface area contributed by atoms with Crippen LogP contribution in [-0.2, 0) is 22.3 Å². The van der Waals surface area contributed by atoms with Crippen LogP contribution in [0.2, 0.25) is 0 Å². The van der Waals surface area contributed by atoms with Crippen molar-refractivity contribution in [2.45, 2.75) is 70.1 Å². The average molecular weight is 373 g/mol. The van der Waals surface area contributed by atoms with Crippen molar-refractivity contribution in [3.05, 3.63) is 47.6 Å². The largest absolute Gasteiger partial charge is 0.444 e. The Hall–Kier alpha value is -2.41. The molecule has 3 rings (SSSR count). The van der Waals surface area contributed by atoms with Gasteiger partial charge in [0.05, 0.1) is 12.0 Å². The van der Waals surface area contributed by atoms with Crippen molar-refractivity contribution >= 4 is 6.09 Å². The predicted molar refractivity (Wildman–Crippen MR) is 98.9 cm³/mol. The van der Waals surface area contributed by atoms with Gasteiger partial charge in [-0.25, -0.2) is 4.79 Å². The molecule has 0 bridgehead atoms. The highest BCUT2D eigenvalue weighted by atomic mass is 16.6. The van der Waals surface area contributed by atoms with E-state index in [-0.39, 0.29) is 6.42 Å². The molecule has 1 amide bonds. The molecule has 1 saturated carbocycles. The van der Waals surface area contributed by atoms with Gasteiger partial charge in [0, 0.05) is 0 Å². The van der Waals surface area contributed by atoms with E-state index in [2.05, 4.69) is 15.5 Å². The molecule has 1 atom stereocenters. The molecule has 1 aromatic carbocycles. The highest BCUT2D eigenvalue weighted by molar-refractivity contribution is 5.69. The summed E-state index contributed by atoms with van der Waals surface area (Å²) in [5.74, 6) is 0.759. The van der Waals surface area contributed by atoms with Gasteiger partial charge in [-0.2, -0.15) is 4.98 Å². The van der Waals surface area contributed by atoms with Crippen LogP contribution in [0.3, 0.4) is 0 Å². The lowest BCUT2D eigenvalue weighted by Gasteiger charge is -2.39. The Kier molecular flexibility index (Phi) is 4.99. The van der Waals surface area contributed by atoms with Crippen molar-refractivity contribution < 1.29 is 19.2 Å². The van der Waals surface area contributed by atoms with Crippen LogP contribution in [0, 0.1) is 0 Å². The first-order valence-electron chi connectivity index (χ1n) is 9.22. The van der Waals surface area contributed by atoms with Crippen LogP contribution in [0.4, 0.5) is 4.79 Å². The molecule has 1 aliphatic rings. The number of aliphatic hydroxyl groups is 1. The van der Waals surface area contributed by atoms with E-state index in [1.165, 1.54) is 0 Å². The number of nitrogens with zero attached hydrogens (tertiary/aromatic N) is 2. The Morgan fingerprint density at radius 3 is 2.48 bits per heavy atom. The molecule has 0 aliphatic heterocycles. The topological polar surface area (TPSA) is 97.5 Å². The Labute approximate surface area is 159 Å². The van der Waals surface area contributed by atoms with Gasteiger partial charge in [-0.05, 0) is 52.5 Å². The highest BCUT2D eigenvalue weighted by Crippen LogP contribution is 2.40. The van der Waals surface area contributed by atoms with E-state index in [0.717, 1.165) is 24.8 Å². The van der Waals surface area contributed by atoms with Gasteiger partial charge >= 0.3 is 6.09 Å². The summed E-state index contributed by atoms with van der Waals surface area (Å²) >= 11 is 0. The average Bonchev–Trinajstić information content (AvgIpc) is 2.98. The van der Waals surface area contributed by atoms with Crippen molar-refractivity contribution in [2.75, 3.05) is 0 Å². The van der Waals surface area contributed by atoms with E-state index in [9.17, 15) is 9.90 Å². The molecule has 2 N–H and O–H groups in total. The summed E-state index contributed by atoms with van der Waals surface area (Å²) in [6.07, 6.45) is 2.10. The summed E-state index contributed by atoms with van der Waals surface area (Å²) < 4.78 is 10.7. The number of carbonyl (C=O) groups excluding carboxylic acids is 1. The maximum atomic E-state index is 12.2. The molecule has 1 aliphatic carbocycles. The summed E-state index contributed by atoms with van der Waals surface area (Å²) in [6, 6.07) is 9.35. The van der Waals surface area contributed by atoms with Crippen LogP contribution in [0.1, 0.15) is 64.2 Å². The molecule has 0 saturated heterocycles. The van der Waals surface area contributed by atoms with Gasteiger partial charge in [-0.1, -0.05) is 35.5 Å². The van der Waals surface area contributed by atoms with Crippen LogP contribution in [0.25, 0.3) is 0 Å². The molecule has 1 heterocycles. The standard InChI is InChI=1S/C20H27N3O4/c1-18(2,3)26-17(24)22-20(11-8-12-20)16-21-15(27-23-16)13-19(4,25)14-9-6-5-7-10-14/h5-7,9-10,25H,8,11-13H2,1-4H3,(H,22,24)/t19-/m0/s1. The summed E-state index contributed by atoms with van der Waals surface area (Å²) in [6.45, 7) is 7.17. The smallest absolute Gasteiger partial charge is 0.408 e. The number of alkyl carbamates (subject to hydrolysis) is 1. The molecule has 27 heavy (non-hydrogen) atoms. The highest BCUT2D eigenvalue weighted by Gasteiger charge is 2.45. The minimum absolute atomic E-state index is 0.187. The lowest BCUT2D eigenvalue weighted by atomic mass is 9.76. The van der Waals surface area contributed by atoms with Crippen LogP contribution in [0.5, 0.6) is 0 Å². The zero-order chi connectivity index (χ0) is 19.7. The number of aromatic nitrogens is 2. The number of ether oxygens (including phenoxy) is 1. The molecule has 0 radical (unpaired) electrons. The maximum absolute atomic E-state index is 12.2. The number of amides is 1. The van der Waals surface area contributed by atoms with Crippen LogP contribution < -0.4 is 5.32 Å². The fourth-order valence-electron chi connectivity index (χ4n) is 3.15. The van der Waals surface area contributed by atoms with E-state index in [4.69, 9.17) is 9.26 Å². The van der Waals surface area contributed by atoms with Crippen molar-refractivity contribution in [3.8, 4) is 0 Å². The van der Waals surface area contributed by atoms with Gasteiger partial charge in [0.2, 0.25) is 5.89 Å². The minimum atomic E-state index is -1.13. The summed E-state index contributed by atoms with van der Waals surface area (Å²) in [5, 5.41) is 17.8. The quantitative estimate of drug-likeness (QED) is 0.833. The second-order valence-corrected chi connectivity index (χ2v) is 8.39. The number of hydrogen-bond acceptors (Lipinski definition) is 6. The summed E-state index contributed by atoms with van der Waals surface area (Å²) in [7, 11) is 0. The summed E-state index contributed by atoms with van der Waals surface area (Å²) in [5.41, 5.74) is -1.60. The molecule has 146 valence electrons. The normalized spacial score (nSPS) is 18.3. The third-order valence-corrected chi connectivity index (χ3v) is 4.73. The summed E-state index contributed by atoms with van der Waals surface area (Å²) in [4.78, 5) is 16.7. The number of rotatable bonds is 5. The van der Waals surface area contributed by atoms with Gasteiger partial charge in [0.25, 0.3) is 0 Å². The van der Waals surface area contributed by atoms with Gasteiger partial charge in [0.1, 0.15) is 11.1 Å². The molecular weight excluding hydrogens is 346 g/mol. The molecule has 1 fully saturated rings. The lowest BCUT2D eigenvalue weighted by molar-refractivity contribution is 0.0361. The molecule has 7 nitrogen and oxygen atoms in total. The monoisotopic (exact) mass is 373 g/mol. The van der Waals surface area contributed by atoms with E-state index in [1.807, 2.05) is 51.1 Å². The molecule has 2 aromatic rings. The Bertz CT molecular complexity index is 789. The number of hydrogen-bond donors (Lipinski definition) is 2. The Balaban J connectivity index is 1.73. The number of nitrogens with one attached hydrogen (secondary N) is 1. The minimum Gasteiger partial charge on any atom is -0.444 e. The van der Waals surface area contributed by atoms with Crippen LogP contribution in [-0.4, -0.2) is 26.9 Å². The third-order valence-electron chi connectivity index (χ3n) is 4.73. The van der Waals surface area contributed by atoms with Crippen molar-refractivity contribution in [2.24, 2.45) is 0 Å². The molecule has 0 unspecified atom stereocenters. The Morgan fingerprint density at radius 1 is 1.26 bits per heavy atom. The Morgan fingerprint density at radius 2 is 1.93 bits per heavy atom. The third kappa shape index (κ3) is 4.47. The van der Waals surface area contributed by atoms with Gasteiger partial charge in [-0.15, -0.1) is 0 Å². The van der Waals surface area contributed by atoms with Gasteiger partial charge < -0.3 is 19.7 Å². The maximum Gasteiger partial charge on any atom is 0.408 e. The van der Waals surface area contributed by atoms with Crippen LogP contribution >= 0.6 is 0 Å². The predicted octanol–water partition coefficient (Wildman–Crippen LogP) is 3.42. The lowest BCUT2D eigenvalue weighted by Crippen LogP contribution is -2.52. The molecule has 1 aromatic heterocycles. The first-order chi connectivity index (χ1) is 12.6. The van der Waals surface area contributed by atoms with Crippen molar-refractivity contribution in [1.82, 2.24) is 15.5 Å². The number of benzene rings is 1. The van der Waals surface area contributed by atoms with Gasteiger partial charge in [-0.3, -0.25) is 0 Å². The van der Waals surface area contributed by atoms with Crippen LogP contribution in [0.15, 0.2) is 34.9 Å². The van der Waals surface area contributed by atoms with Gasteiger partial charge in [0.15, 0.2) is 5.82 Å². The second kappa shape index (κ2) is 6.96.